The summed E-state index contributed by atoms with van der Waals surface area (Å²) >= 11 is 0. The smallest absolute Gasteiger partial charge is 0.366 e. The monoisotopic (exact) mass is 308 g/mol. The van der Waals surface area contributed by atoms with Crippen LogP contribution in [0.5, 0.6) is 0 Å². The first-order chi connectivity index (χ1) is 7.82. The topological polar surface area (TPSA) is 196 Å². The molecule has 6 N–H and O–H groups in total. The highest BCUT2D eigenvalue weighted by Gasteiger charge is 2.48. The summed E-state index contributed by atoms with van der Waals surface area (Å²) in [6.45, 7) is 1.23. The Morgan fingerprint density at radius 1 is 1.28 bits per heavy atom. The number of carbonyl (C=O) groups excluding carboxylic acids is 1. The molecule has 0 aliphatic carbocycles. The fourth-order valence-electron chi connectivity index (χ4n) is 1.02. The van der Waals surface area contributed by atoms with Gasteiger partial charge in [0.15, 0.2) is 0 Å². The maximum atomic E-state index is 11.0. The standard InChI is InChI=1S/C5H12N2O9S2/c1-2-3(15-17(9,10)11)5(7,4(6)8)16-18(12,13)14/h3H,2,7H2,1H3,(H2,6,8)(H,9,10,11)(H,12,13,14). The van der Waals surface area contributed by atoms with Crippen molar-refractivity contribution < 1.29 is 39.1 Å². The molecule has 0 radical (unpaired) electrons. The molecule has 0 saturated heterocycles. The number of hydrogen-bond donors (Lipinski definition) is 4. The molecular weight excluding hydrogens is 296 g/mol. The molecule has 2 atom stereocenters. The van der Waals surface area contributed by atoms with Crippen LogP contribution in [0.15, 0.2) is 0 Å². The van der Waals surface area contributed by atoms with Crippen molar-refractivity contribution in [1.82, 2.24) is 0 Å². The molecule has 0 aliphatic rings. The van der Waals surface area contributed by atoms with Crippen molar-refractivity contribution in [3.05, 3.63) is 0 Å². The molecule has 0 aromatic rings. The van der Waals surface area contributed by atoms with Gasteiger partial charge in [-0.05, 0) is 6.42 Å². The van der Waals surface area contributed by atoms with Gasteiger partial charge in [-0.25, -0.2) is 8.37 Å². The second-order valence-corrected chi connectivity index (χ2v) is 5.16. The molecule has 0 rings (SSSR count). The van der Waals surface area contributed by atoms with E-state index in [2.05, 4.69) is 8.37 Å². The van der Waals surface area contributed by atoms with Crippen LogP contribution in [-0.4, -0.2) is 43.7 Å². The molecule has 0 heterocycles. The van der Waals surface area contributed by atoms with E-state index < -0.39 is 38.5 Å². The van der Waals surface area contributed by atoms with Gasteiger partial charge < -0.3 is 5.73 Å². The second-order valence-electron chi connectivity index (χ2n) is 3.09. The number of rotatable bonds is 7. The minimum atomic E-state index is -5.22. The maximum absolute atomic E-state index is 11.0. The maximum Gasteiger partial charge on any atom is 0.399 e. The van der Waals surface area contributed by atoms with Crippen LogP contribution in [0.25, 0.3) is 0 Å². The van der Waals surface area contributed by atoms with E-state index in [4.69, 9.17) is 20.6 Å². The normalized spacial score (nSPS) is 18.0. The van der Waals surface area contributed by atoms with Crippen molar-refractivity contribution in [3.63, 3.8) is 0 Å². The number of nitrogens with two attached hydrogens (primary N) is 2. The molecule has 0 fully saturated rings. The van der Waals surface area contributed by atoms with Gasteiger partial charge in [-0.15, -0.1) is 0 Å². The molecule has 11 nitrogen and oxygen atoms in total. The molecule has 0 aromatic heterocycles. The Kier molecular flexibility index (Phi) is 5.18. The zero-order valence-electron chi connectivity index (χ0n) is 9.01. The first-order valence-corrected chi connectivity index (χ1v) is 6.97. The predicted octanol–water partition coefficient (Wildman–Crippen LogP) is -2.46. The molecular formula is C5H12N2O9S2. The van der Waals surface area contributed by atoms with E-state index in [9.17, 15) is 21.6 Å². The van der Waals surface area contributed by atoms with Gasteiger partial charge >= 0.3 is 20.8 Å². The summed E-state index contributed by atoms with van der Waals surface area (Å²) in [6.07, 6.45) is -2.35. The number of primary amides is 1. The zero-order valence-corrected chi connectivity index (χ0v) is 10.6. The Bertz CT molecular complexity index is 511. The van der Waals surface area contributed by atoms with Crippen LogP contribution in [0.4, 0.5) is 0 Å². The number of amides is 1. The van der Waals surface area contributed by atoms with Crippen molar-refractivity contribution in [2.45, 2.75) is 25.2 Å². The van der Waals surface area contributed by atoms with Crippen LogP contribution in [-0.2, 0) is 34.0 Å². The lowest BCUT2D eigenvalue weighted by atomic mass is 10.1. The molecule has 0 aliphatic heterocycles. The Morgan fingerprint density at radius 2 is 1.72 bits per heavy atom. The predicted molar refractivity (Wildman–Crippen MR) is 55.5 cm³/mol. The molecule has 0 spiro atoms. The average Bonchev–Trinajstić information content (AvgIpc) is 2.09. The Labute approximate surface area is 103 Å². The first kappa shape index (κ1) is 17.2. The van der Waals surface area contributed by atoms with Gasteiger partial charge in [0.25, 0.3) is 5.91 Å². The third kappa shape index (κ3) is 5.21. The van der Waals surface area contributed by atoms with Gasteiger partial charge in [-0.3, -0.25) is 19.6 Å². The lowest BCUT2D eigenvalue weighted by Gasteiger charge is -2.30. The van der Waals surface area contributed by atoms with E-state index in [0.29, 0.717) is 0 Å². The van der Waals surface area contributed by atoms with Gasteiger partial charge in [-0.2, -0.15) is 16.8 Å². The van der Waals surface area contributed by atoms with Gasteiger partial charge in [0.05, 0.1) is 0 Å². The highest BCUT2D eigenvalue weighted by molar-refractivity contribution is 7.81. The van der Waals surface area contributed by atoms with Crippen molar-refractivity contribution in [2.75, 3.05) is 0 Å². The van der Waals surface area contributed by atoms with Gasteiger partial charge in [0, 0.05) is 0 Å². The molecule has 108 valence electrons. The van der Waals surface area contributed by atoms with Crippen molar-refractivity contribution in [1.29, 1.82) is 0 Å². The summed E-state index contributed by atoms with van der Waals surface area (Å²) in [5.41, 5.74) is 6.90. The van der Waals surface area contributed by atoms with Gasteiger partial charge in [0.1, 0.15) is 6.10 Å². The largest absolute Gasteiger partial charge is 0.399 e. The Morgan fingerprint density at radius 3 is 1.94 bits per heavy atom. The van der Waals surface area contributed by atoms with Crippen molar-refractivity contribution >= 4 is 26.7 Å². The summed E-state index contributed by atoms with van der Waals surface area (Å²) in [6, 6.07) is 0. The average molecular weight is 308 g/mol. The van der Waals surface area contributed by atoms with Crippen LogP contribution < -0.4 is 11.5 Å². The fraction of sp³-hybridized carbons (Fsp3) is 0.800. The Hall–Kier alpha value is -0.830. The fourth-order valence-corrected chi connectivity index (χ4v) is 2.13. The van der Waals surface area contributed by atoms with E-state index >= 15 is 0 Å². The van der Waals surface area contributed by atoms with Crippen LogP contribution >= 0.6 is 0 Å². The minimum Gasteiger partial charge on any atom is -0.366 e. The van der Waals surface area contributed by atoms with E-state index in [1.165, 1.54) is 6.92 Å². The number of hydrogen-bond acceptors (Lipinski definition) is 8. The van der Waals surface area contributed by atoms with Crippen LogP contribution in [0.1, 0.15) is 13.3 Å². The number of carbonyl (C=O) groups is 1. The zero-order chi connectivity index (χ0) is 14.8. The summed E-state index contributed by atoms with van der Waals surface area (Å²) in [4.78, 5) is 11.0. The summed E-state index contributed by atoms with van der Waals surface area (Å²) in [5, 5.41) is 0. The SMILES string of the molecule is CCC(OS(=O)(=O)O)C(N)(OS(=O)(=O)O)C(N)=O. The van der Waals surface area contributed by atoms with Crippen LogP contribution in [0.2, 0.25) is 0 Å². The van der Waals surface area contributed by atoms with Crippen molar-refractivity contribution in [2.24, 2.45) is 11.5 Å². The molecule has 1 amide bonds. The van der Waals surface area contributed by atoms with E-state index in [-0.39, 0.29) is 6.42 Å². The molecule has 0 saturated carbocycles. The summed E-state index contributed by atoms with van der Waals surface area (Å²) in [5.74, 6) is -1.63. The molecule has 2 unspecified atom stereocenters. The van der Waals surface area contributed by atoms with Gasteiger partial charge in [-0.1, -0.05) is 6.92 Å². The third-order valence-electron chi connectivity index (χ3n) is 1.72. The van der Waals surface area contributed by atoms with Crippen LogP contribution in [0, 0.1) is 0 Å². The first-order valence-electron chi connectivity index (χ1n) is 4.24. The van der Waals surface area contributed by atoms with E-state index in [1.807, 2.05) is 0 Å². The highest BCUT2D eigenvalue weighted by atomic mass is 32.3. The quantitative estimate of drug-likeness (QED) is 0.289. The molecule has 13 heteroatoms. The molecule has 18 heavy (non-hydrogen) atoms. The van der Waals surface area contributed by atoms with E-state index in [1.54, 1.807) is 0 Å². The van der Waals surface area contributed by atoms with E-state index in [0.717, 1.165) is 0 Å². The Balaban J connectivity index is 5.50. The summed E-state index contributed by atoms with van der Waals surface area (Å²) < 4.78 is 66.7. The highest BCUT2D eigenvalue weighted by Crippen LogP contribution is 2.20. The van der Waals surface area contributed by atoms with Crippen LogP contribution in [0.3, 0.4) is 0 Å². The lowest BCUT2D eigenvalue weighted by molar-refractivity contribution is -0.142. The molecule has 0 aromatic carbocycles. The van der Waals surface area contributed by atoms with Gasteiger partial charge in [0.2, 0.25) is 5.72 Å². The summed E-state index contributed by atoms with van der Waals surface area (Å²) in [7, 11) is -10.3. The lowest BCUT2D eigenvalue weighted by Crippen LogP contribution is -2.63. The third-order valence-corrected chi connectivity index (χ3v) is 2.68. The molecule has 0 bridgehead atoms. The minimum absolute atomic E-state index is 0.380. The second kappa shape index (κ2) is 5.43. The van der Waals surface area contributed by atoms with Crippen molar-refractivity contribution in [3.8, 4) is 0 Å².